The van der Waals surface area contributed by atoms with Crippen LogP contribution >= 0.6 is 11.3 Å². The third kappa shape index (κ3) is 5.94. The molecule has 3 aromatic rings. The number of nitrogens with zero attached hydrogens (tertiary/aromatic N) is 3. The summed E-state index contributed by atoms with van der Waals surface area (Å²) in [6.07, 6.45) is 3.34. The van der Waals surface area contributed by atoms with Gasteiger partial charge in [0, 0.05) is 19.2 Å². The molecule has 0 aliphatic carbocycles. The standard InChI is InChI=1S/C27H35N3O4S/c1-8-29(9-2)14-15-30(27-28-25-19(4)18(3)10-12-23(25)35-27)24(31)13-11-20-16-21(32-5)26(34-7)22(17-20)33-6/h10-13,16-17H,8-9,14-15H2,1-7H3/b13-11+. The molecular weight excluding hydrogens is 462 g/mol. The first kappa shape index (κ1) is 26.5. The highest BCUT2D eigenvalue weighted by molar-refractivity contribution is 7.22. The van der Waals surface area contributed by atoms with Gasteiger partial charge >= 0.3 is 0 Å². The van der Waals surface area contributed by atoms with Crippen LogP contribution in [0.15, 0.2) is 30.3 Å². The molecule has 2 aromatic carbocycles. The number of methoxy groups -OCH3 is 3. The van der Waals surface area contributed by atoms with Crippen molar-refractivity contribution >= 4 is 38.7 Å². The summed E-state index contributed by atoms with van der Waals surface area (Å²) in [6, 6.07) is 7.81. The molecule has 1 aromatic heterocycles. The van der Waals surface area contributed by atoms with Gasteiger partial charge in [-0.2, -0.15) is 0 Å². The second-order valence-electron chi connectivity index (χ2n) is 8.16. The van der Waals surface area contributed by atoms with Crippen LogP contribution in [0.1, 0.15) is 30.5 Å². The summed E-state index contributed by atoms with van der Waals surface area (Å²) < 4.78 is 17.4. The van der Waals surface area contributed by atoms with Gasteiger partial charge in [-0.3, -0.25) is 9.69 Å². The largest absolute Gasteiger partial charge is 0.493 e. The Morgan fingerprint density at radius 2 is 1.66 bits per heavy atom. The summed E-state index contributed by atoms with van der Waals surface area (Å²) in [5, 5.41) is 0.709. The van der Waals surface area contributed by atoms with E-state index in [-0.39, 0.29) is 5.91 Å². The minimum Gasteiger partial charge on any atom is -0.493 e. The van der Waals surface area contributed by atoms with Crippen LogP contribution < -0.4 is 19.1 Å². The second-order valence-corrected chi connectivity index (χ2v) is 9.17. The maximum Gasteiger partial charge on any atom is 0.252 e. The van der Waals surface area contributed by atoms with Gasteiger partial charge in [-0.25, -0.2) is 4.98 Å². The molecule has 3 rings (SSSR count). The van der Waals surface area contributed by atoms with Crippen LogP contribution in [0, 0.1) is 13.8 Å². The minimum absolute atomic E-state index is 0.126. The average Bonchev–Trinajstić information content (AvgIpc) is 3.31. The van der Waals surface area contributed by atoms with Crippen LogP contribution in [0.4, 0.5) is 5.13 Å². The number of anilines is 1. The van der Waals surface area contributed by atoms with Crippen LogP contribution in [0.25, 0.3) is 16.3 Å². The molecule has 0 N–H and O–H groups in total. The van der Waals surface area contributed by atoms with E-state index in [1.54, 1.807) is 49.7 Å². The molecule has 1 heterocycles. The molecule has 0 fully saturated rings. The Morgan fingerprint density at radius 1 is 1.00 bits per heavy atom. The quantitative estimate of drug-likeness (QED) is 0.334. The van der Waals surface area contributed by atoms with Crippen LogP contribution in [0.2, 0.25) is 0 Å². The normalized spacial score (nSPS) is 11.4. The van der Waals surface area contributed by atoms with E-state index in [1.807, 2.05) is 12.1 Å². The highest BCUT2D eigenvalue weighted by Gasteiger charge is 2.20. The number of benzene rings is 2. The molecular formula is C27H35N3O4S. The molecule has 0 saturated carbocycles. The zero-order valence-electron chi connectivity index (χ0n) is 21.7. The highest BCUT2D eigenvalue weighted by atomic mass is 32.1. The maximum atomic E-state index is 13.5. The first-order chi connectivity index (χ1) is 16.9. The smallest absolute Gasteiger partial charge is 0.252 e. The number of ether oxygens (including phenoxy) is 3. The van der Waals surface area contributed by atoms with Crippen LogP contribution in [0.5, 0.6) is 17.2 Å². The Morgan fingerprint density at radius 3 is 2.23 bits per heavy atom. The van der Waals surface area contributed by atoms with Crippen molar-refractivity contribution in [1.29, 1.82) is 0 Å². The fourth-order valence-electron chi connectivity index (χ4n) is 3.87. The van der Waals surface area contributed by atoms with Crippen molar-refractivity contribution in [1.82, 2.24) is 9.88 Å². The number of carbonyl (C=O) groups is 1. The Kier molecular flexibility index (Phi) is 9.12. The number of carbonyl (C=O) groups excluding carboxylic acids is 1. The fourth-order valence-corrected chi connectivity index (χ4v) is 4.92. The first-order valence-electron chi connectivity index (χ1n) is 11.7. The maximum absolute atomic E-state index is 13.5. The SMILES string of the molecule is CCN(CC)CCN(C(=O)/C=C/c1cc(OC)c(OC)c(OC)c1)c1nc2c(C)c(C)ccc2s1. The number of fused-ring (bicyclic) bond motifs is 1. The van der Waals surface area contributed by atoms with Gasteiger partial charge in [0.15, 0.2) is 16.6 Å². The van der Waals surface area contributed by atoms with E-state index in [9.17, 15) is 4.79 Å². The number of rotatable bonds is 11. The molecule has 35 heavy (non-hydrogen) atoms. The molecule has 0 aliphatic rings. The summed E-state index contributed by atoms with van der Waals surface area (Å²) in [6.45, 7) is 11.6. The van der Waals surface area contributed by atoms with Crippen molar-refractivity contribution in [3.63, 3.8) is 0 Å². The van der Waals surface area contributed by atoms with E-state index in [2.05, 4.69) is 44.7 Å². The summed E-state index contributed by atoms with van der Waals surface area (Å²) in [5.41, 5.74) is 4.07. The van der Waals surface area contributed by atoms with E-state index < -0.39 is 0 Å². The number of likely N-dealkylation sites (N-methyl/N-ethyl adjacent to an activating group) is 1. The van der Waals surface area contributed by atoms with Crippen molar-refractivity contribution in [3.05, 3.63) is 47.0 Å². The van der Waals surface area contributed by atoms with Crippen molar-refractivity contribution in [2.75, 3.05) is 52.4 Å². The zero-order chi connectivity index (χ0) is 25.5. The molecule has 0 atom stereocenters. The number of thiazole rings is 1. The van der Waals surface area contributed by atoms with E-state index in [0.717, 1.165) is 41.0 Å². The molecule has 1 amide bonds. The molecule has 0 spiro atoms. The lowest BCUT2D eigenvalue weighted by atomic mass is 10.1. The molecule has 8 heteroatoms. The lowest BCUT2D eigenvalue weighted by Gasteiger charge is -2.23. The van der Waals surface area contributed by atoms with Crippen LogP contribution in [-0.4, -0.2) is 63.3 Å². The average molecular weight is 498 g/mol. The third-order valence-electron chi connectivity index (χ3n) is 6.21. The van der Waals surface area contributed by atoms with Crippen molar-refractivity contribution in [2.24, 2.45) is 0 Å². The monoisotopic (exact) mass is 497 g/mol. The molecule has 0 bridgehead atoms. The fraction of sp³-hybridized carbons (Fsp3) is 0.407. The first-order valence-corrected chi connectivity index (χ1v) is 12.6. The number of hydrogen-bond donors (Lipinski definition) is 0. The second kappa shape index (κ2) is 12.0. The molecule has 0 aliphatic heterocycles. The van der Waals surface area contributed by atoms with Crippen molar-refractivity contribution in [2.45, 2.75) is 27.7 Å². The van der Waals surface area contributed by atoms with Gasteiger partial charge in [-0.15, -0.1) is 0 Å². The molecule has 0 unspecified atom stereocenters. The minimum atomic E-state index is -0.126. The summed E-state index contributed by atoms with van der Waals surface area (Å²) in [4.78, 5) is 22.4. The van der Waals surface area contributed by atoms with Crippen molar-refractivity contribution in [3.8, 4) is 17.2 Å². The number of amides is 1. The highest BCUT2D eigenvalue weighted by Crippen LogP contribution is 2.38. The number of aryl methyl sites for hydroxylation is 2. The van der Waals surface area contributed by atoms with E-state index in [0.29, 0.717) is 28.9 Å². The van der Waals surface area contributed by atoms with E-state index in [4.69, 9.17) is 19.2 Å². The van der Waals surface area contributed by atoms with Gasteiger partial charge in [0.05, 0.1) is 31.5 Å². The molecule has 0 saturated heterocycles. The molecule has 0 radical (unpaired) electrons. The summed E-state index contributed by atoms with van der Waals surface area (Å²) in [7, 11) is 4.71. The predicted octanol–water partition coefficient (Wildman–Crippen LogP) is 5.33. The van der Waals surface area contributed by atoms with E-state index in [1.165, 1.54) is 5.56 Å². The number of hydrogen-bond acceptors (Lipinski definition) is 7. The number of aromatic nitrogens is 1. The van der Waals surface area contributed by atoms with Crippen LogP contribution in [-0.2, 0) is 4.79 Å². The van der Waals surface area contributed by atoms with Gasteiger partial charge in [0.1, 0.15) is 0 Å². The third-order valence-corrected chi connectivity index (χ3v) is 7.25. The van der Waals surface area contributed by atoms with Crippen molar-refractivity contribution < 1.29 is 19.0 Å². The Bertz CT molecular complexity index is 1180. The lowest BCUT2D eigenvalue weighted by Crippen LogP contribution is -2.38. The van der Waals surface area contributed by atoms with Gasteiger partial charge in [0.2, 0.25) is 5.75 Å². The summed E-state index contributed by atoms with van der Waals surface area (Å²) in [5.74, 6) is 1.46. The Balaban J connectivity index is 1.95. The van der Waals surface area contributed by atoms with Gasteiger partial charge in [-0.1, -0.05) is 31.3 Å². The molecule has 188 valence electrons. The Hall–Kier alpha value is -3.10. The summed E-state index contributed by atoms with van der Waals surface area (Å²) >= 11 is 1.55. The lowest BCUT2D eigenvalue weighted by molar-refractivity contribution is -0.114. The van der Waals surface area contributed by atoms with Gasteiger partial charge in [0.25, 0.3) is 5.91 Å². The predicted molar refractivity (Wildman–Crippen MR) is 144 cm³/mol. The van der Waals surface area contributed by atoms with Crippen LogP contribution in [0.3, 0.4) is 0 Å². The zero-order valence-corrected chi connectivity index (χ0v) is 22.5. The molecule has 7 nitrogen and oxygen atoms in total. The Labute approximate surface area is 211 Å². The van der Waals surface area contributed by atoms with E-state index >= 15 is 0 Å². The topological polar surface area (TPSA) is 64.1 Å². The van der Waals surface area contributed by atoms with Gasteiger partial charge in [-0.05, 0) is 67.9 Å². The van der Waals surface area contributed by atoms with Gasteiger partial charge < -0.3 is 19.1 Å².